The quantitative estimate of drug-likeness (QED) is 0.629. The first-order valence-electron chi connectivity index (χ1n) is 6.18. The fourth-order valence-corrected chi connectivity index (χ4v) is 3.17. The van der Waals surface area contributed by atoms with E-state index in [2.05, 4.69) is 26.8 Å². The van der Waals surface area contributed by atoms with Crippen molar-refractivity contribution in [1.82, 2.24) is 0 Å². The molecule has 0 saturated heterocycles. The van der Waals surface area contributed by atoms with Crippen LogP contribution in [0.15, 0.2) is 16.7 Å². The van der Waals surface area contributed by atoms with Gasteiger partial charge in [0.15, 0.2) is 0 Å². The SMILES string of the molecule is Cc1cc2occ(C)c2c2c1CCC[C@@H]2C. The van der Waals surface area contributed by atoms with Crippen LogP contribution in [0.4, 0.5) is 0 Å². The van der Waals surface area contributed by atoms with E-state index >= 15 is 0 Å². The largest absolute Gasteiger partial charge is 0.464 e. The topological polar surface area (TPSA) is 13.1 Å². The van der Waals surface area contributed by atoms with Crippen LogP contribution in [0.25, 0.3) is 11.0 Å². The summed E-state index contributed by atoms with van der Waals surface area (Å²) in [7, 11) is 0. The van der Waals surface area contributed by atoms with E-state index in [1.54, 1.807) is 11.1 Å². The summed E-state index contributed by atoms with van der Waals surface area (Å²) in [5, 5.41) is 1.38. The van der Waals surface area contributed by atoms with Crippen LogP contribution in [-0.2, 0) is 6.42 Å². The highest BCUT2D eigenvalue weighted by atomic mass is 16.3. The first-order chi connectivity index (χ1) is 7.68. The first kappa shape index (κ1) is 9.95. The van der Waals surface area contributed by atoms with Gasteiger partial charge in [0.2, 0.25) is 0 Å². The summed E-state index contributed by atoms with van der Waals surface area (Å²) in [4.78, 5) is 0. The van der Waals surface area contributed by atoms with Crippen LogP contribution < -0.4 is 0 Å². The van der Waals surface area contributed by atoms with Gasteiger partial charge in [-0.25, -0.2) is 0 Å². The van der Waals surface area contributed by atoms with Gasteiger partial charge in [0.1, 0.15) is 5.58 Å². The van der Waals surface area contributed by atoms with Crippen molar-refractivity contribution in [3.05, 3.63) is 34.6 Å². The van der Waals surface area contributed by atoms with Crippen LogP contribution in [0.5, 0.6) is 0 Å². The maximum absolute atomic E-state index is 5.64. The van der Waals surface area contributed by atoms with Crippen molar-refractivity contribution < 1.29 is 4.42 Å². The van der Waals surface area contributed by atoms with E-state index < -0.39 is 0 Å². The molecule has 1 heterocycles. The van der Waals surface area contributed by atoms with Crippen LogP contribution in [0.1, 0.15) is 47.9 Å². The number of hydrogen-bond acceptors (Lipinski definition) is 1. The van der Waals surface area contributed by atoms with Gasteiger partial charge in [-0.2, -0.15) is 0 Å². The molecule has 0 unspecified atom stereocenters. The molecule has 2 aromatic rings. The zero-order valence-corrected chi connectivity index (χ0v) is 10.3. The molecule has 1 aliphatic carbocycles. The molecular formula is C15H18O. The van der Waals surface area contributed by atoms with Crippen molar-refractivity contribution >= 4 is 11.0 Å². The molecule has 0 aliphatic heterocycles. The van der Waals surface area contributed by atoms with E-state index in [4.69, 9.17) is 4.42 Å². The molecule has 1 atom stereocenters. The number of aryl methyl sites for hydroxylation is 2. The van der Waals surface area contributed by atoms with E-state index in [1.165, 1.54) is 35.8 Å². The van der Waals surface area contributed by atoms with E-state index in [1.807, 2.05) is 6.26 Å². The Hall–Kier alpha value is -1.24. The maximum atomic E-state index is 5.64. The summed E-state index contributed by atoms with van der Waals surface area (Å²) >= 11 is 0. The predicted molar refractivity (Wildman–Crippen MR) is 67.0 cm³/mol. The van der Waals surface area contributed by atoms with Gasteiger partial charge < -0.3 is 4.42 Å². The summed E-state index contributed by atoms with van der Waals surface area (Å²) < 4.78 is 5.64. The monoisotopic (exact) mass is 214 g/mol. The first-order valence-corrected chi connectivity index (χ1v) is 6.18. The molecule has 1 aliphatic rings. The van der Waals surface area contributed by atoms with Gasteiger partial charge in [0, 0.05) is 5.39 Å². The van der Waals surface area contributed by atoms with Gasteiger partial charge >= 0.3 is 0 Å². The maximum Gasteiger partial charge on any atom is 0.134 e. The fraction of sp³-hybridized carbons (Fsp3) is 0.467. The van der Waals surface area contributed by atoms with Crippen LogP contribution in [0.3, 0.4) is 0 Å². The molecule has 0 bridgehead atoms. The number of fused-ring (bicyclic) bond motifs is 3. The van der Waals surface area contributed by atoms with Crippen molar-refractivity contribution in [2.75, 3.05) is 0 Å². The molecule has 1 nitrogen and oxygen atoms in total. The lowest BCUT2D eigenvalue weighted by molar-refractivity contribution is 0.588. The Bertz CT molecular complexity index is 548. The molecule has 0 amide bonds. The Balaban J connectivity index is 2.43. The summed E-state index contributed by atoms with van der Waals surface area (Å²) in [5.41, 5.74) is 6.91. The standard InChI is InChI=1S/C15H18O/c1-9-5-4-6-12-10(2)7-13-15(14(9)12)11(3)8-16-13/h7-9H,4-6H2,1-3H3/t9-/m0/s1. The highest BCUT2D eigenvalue weighted by molar-refractivity contribution is 5.87. The van der Waals surface area contributed by atoms with E-state index in [0.717, 1.165) is 5.58 Å². The Morgan fingerprint density at radius 3 is 2.88 bits per heavy atom. The lowest BCUT2D eigenvalue weighted by Crippen LogP contribution is -2.09. The molecule has 0 N–H and O–H groups in total. The molecule has 1 aromatic carbocycles. The minimum atomic E-state index is 0.683. The average molecular weight is 214 g/mol. The Morgan fingerprint density at radius 2 is 2.06 bits per heavy atom. The normalized spacial score (nSPS) is 20.1. The molecule has 1 aromatic heterocycles. The average Bonchev–Trinajstić information content (AvgIpc) is 2.61. The van der Waals surface area contributed by atoms with Crippen molar-refractivity contribution in [3.63, 3.8) is 0 Å². The zero-order chi connectivity index (χ0) is 11.3. The Morgan fingerprint density at radius 1 is 1.25 bits per heavy atom. The second kappa shape index (κ2) is 3.38. The van der Waals surface area contributed by atoms with Gasteiger partial charge in [0.05, 0.1) is 6.26 Å². The predicted octanol–water partition coefficient (Wildman–Crippen LogP) is 4.49. The summed E-state index contributed by atoms with van der Waals surface area (Å²) in [6.45, 7) is 6.72. The van der Waals surface area contributed by atoms with Crippen molar-refractivity contribution in [1.29, 1.82) is 0 Å². The highest BCUT2D eigenvalue weighted by Gasteiger charge is 2.22. The second-order valence-electron chi connectivity index (χ2n) is 5.17. The van der Waals surface area contributed by atoms with Gasteiger partial charge in [-0.3, -0.25) is 0 Å². The summed E-state index contributed by atoms with van der Waals surface area (Å²) in [6.07, 6.45) is 5.78. The minimum absolute atomic E-state index is 0.683. The number of benzene rings is 1. The van der Waals surface area contributed by atoms with Crippen LogP contribution in [0.2, 0.25) is 0 Å². The van der Waals surface area contributed by atoms with E-state index in [0.29, 0.717) is 5.92 Å². The summed E-state index contributed by atoms with van der Waals surface area (Å²) in [6, 6.07) is 2.21. The third-order valence-electron chi connectivity index (χ3n) is 3.98. The third kappa shape index (κ3) is 1.24. The van der Waals surface area contributed by atoms with Crippen LogP contribution >= 0.6 is 0 Å². The van der Waals surface area contributed by atoms with Gasteiger partial charge in [-0.15, -0.1) is 0 Å². The van der Waals surface area contributed by atoms with Gasteiger partial charge in [-0.1, -0.05) is 6.92 Å². The van der Waals surface area contributed by atoms with Crippen LogP contribution in [0, 0.1) is 13.8 Å². The smallest absolute Gasteiger partial charge is 0.134 e. The molecule has 3 rings (SSSR count). The third-order valence-corrected chi connectivity index (χ3v) is 3.98. The van der Waals surface area contributed by atoms with Crippen molar-refractivity contribution in [2.24, 2.45) is 0 Å². The van der Waals surface area contributed by atoms with Gasteiger partial charge in [-0.05, 0) is 67.3 Å². The molecule has 0 radical (unpaired) electrons. The van der Waals surface area contributed by atoms with Crippen molar-refractivity contribution in [3.8, 4) is 0 Å². The molecule has 0 fully saturated rings. The second-order valence-corrected chi connectivity index (χ2v) is 5.17. The lowest BCUT2D eigenvalue weighted by atomic mass is 9.79. The Labute approximate surface area is 96.5 Å². The minimum Gasteiger partial charge on any atom is -0.464 e. The number of furan rings is 1. The molecular weight excluding hydrogens is 196 g/mol. The van der Waals surface area contributed by atoms with Gasteiger partial charge in [0.25, 0.3) is 0 Å². The fourth-order valence-electron chi connectivity index (χ4n) is 3.17. The number of rotatable bonds is 0. The molecule has 0 spiro atoms. The summed E-state index contributed by atoms with van der Waals surface area (Å²) in [5.74, 6) is 0.683. The van der Waals surface area contributed by atoms with E-state index in [9.17, 15) is 0 Å². The molecule has 1 heteroatoms. The lowest BCUT2D eigenvalue weighted by Gasteiger charge is -2.25. The molecule has 84 valence electrons. The van der Waals surface area contributed by atoms with Crippen molar-refractivity contribution in [2.45, 2.75) is 46.0 Å². The molecule has 0 saturated carbocycles. The number of hydrogen-bond donors (Lipinski definition) is 0. The Kier molecular flexibility index (Phi) is 2.10. The zero-order valence-electron chi connectivity index (χ0n) is 10.3. The van der Waals surface area contributed by atoms with Crippen LogP contribution in [-0.4, -0.2) is 0 Å². The van der Waals surface area contributed by atoms with E-state index in [-0.39, 0.29) is 0 Å². The molecule has 16 heavy (non-hydrogen) atoms. The highest BCUT2D eigenvalue weighted by Crippen LogP contribution is 2.40.